The number of nitrogens with zero attached hydrogens (tertiary/aromatic N) is 2. The highest BCUT2D eigenvalue weighted by molar-refractivity contribution is 5.71. The maximum atomic E-state index is 13.9. The predicted molar refractivity (Wildman–Crippen MR) is 81.4 cm³/mol. The third kappa shape index (κ3) is 2.33. The van der Waals surface area contributed by atoms with Gasteiger partial charge in [0.2, 0.25) is 0 Å². The van der Waals surface area contributed by atoms with E-state index >= 15 is 0 Å². The minimum atomic E-state index is -0.345. The first kappa shape index (κ1) is 13.5. The Morgan fingerprint density at radius 2 is 1.71 bits per heavy atom. The van der Waals surface area contributed by atoms with Crippen LogP contribution in [0.1, 0.15) is 16.8 Å². The summed E-state index contributed by atoms with van der Waals surface area (Å²) < 4.78 is 13.9. The van der Waals surface area contributed by atoms with E-state index in [0.717, 1.165) is 5.56 Å². The number of hydrogen-bond acceptors (Lipinski definition) is 2. The molecule has 0 aliphatic carbocycles. The third-order valence-electron chi connectivity index (χ3n) is 3.65. The number of hydrogen-bond donors (Lipinski definition) is 1. The molecule has 0 saturated heterocycles. The molecule has 0 fully saturated rings. The lowest BCUT2D eigenvalue weighted by molar-refractivity contribution is 0.622. The van der Waals surface area contributed by atoms with E-state index < -0.39 is 0 Å². The van der Waals surface area contributed by atoms with E-state index in [4.69, 9.17) is 0 Å². The lowest BCUT2D eigenvalue weighted by atomic mass is 9.97. The zero-order chi connectivity index (χ0) is 15.0. The summed E-state index contributed by atoms with van der Waals surface area (Å²) in [6.45, 7) is 5.80. The van der Waals surface area contributed by atoms with Crippen LogP contribution in [0.4, 0.5) is 4.39 Å². The van der Waals surface area contributed by atoms with Gasteiger partial charge in [0.05, 0.1) is 11.4 Å². The van der Waals surface area contributed by atoms with E-state index in [0.29, 0.717) is 11.4 Å². The molecular weight excluding hydrogens is 265 g/mol. The minimum absolute atomic E-state index is 0.264. The summed E-state index contributed by atoms with van der Waals surface area (Å²) in [5.74, 6) is -0.345. The molecule has 3 rings (SSSR count). The molecule has 0 atom stereocenters. The van der Waals surface area contributed by atoms with Gasteiger partial charge in [-0.25, -0.2) is 4.39 Å². The van der Waals surface area contributed by atoms with Gasteiger partial charge in [0.15, 0.2) is 5.82 Å². The van der Waals surface area contributed by atoms with Crippen molar-refractivity contribution in [3.05, 3.63) is 59.2 Å². The molecule has 2 aromatic heterocycles. The van der Waals surface area contributed by atoms with Crippen LogP contribution in [0.3, 0.4) is 0 Å². The number of aryl methyl sites for hydroxylation is 3. The number of nitrogens with one attached hydrogen (secondary N) is 1. The number of benzene rings is 1. The molecule has 4 heteroatoms. The predicted octanol–water partition coefficient (Wildman–Crippen LogP) is 4.20. The molecule has 3 aromatic rings. The van der Waals surface area contributed by atoms with Crippen LogP contribution in [0.15, 0.2) is 36.5 Å². The topological polar surface area (TPSA) is 41.6 Å². The molecule has 3 nitrogen and oxygen atoms in total. The maximum Gasteiger partial charge on any atom is 0.173 e. The first-order chi connectivity index (χ1) is 10.1. The summed E-state index contributed by atoms with van der Waals surface area (Å²) in [5.41, 5.74) is 5.83. The quantitative estimate of drug-likeness (QED) is 0.764. The largest absolute Gasteiger partial charge is 0.279 e. The van der Waals surface area contributed by atoms with Crippen LogP contribution >= 0.6 is 0 Å². The van der Waals surface area contributed by atoms with Crippen LogP contribution in [-0.4, -0.2) is 15.2 Å². The molecule has 0 spiro atoms. The Kier molecular flexibility index (Phi) is 3.29. The van der Waals surface area contributed by atoms with Crippen molar-refractivity contribution in [1.82, 2.24) is 15.2 Å². The van der Waals surface area contributed by atoms with Crippen molar-refractivity contribution in [1.29, 1.82) is 0 Å². The Bertz CT molecular complexity index is 768. The Balaban J connectivity index is 2.04. The van der Waals surface area contributed by atoms with Gasteiger partial charge in [-0.3, -0.25) is 10.1 Å². The average Bonchev–Trinajstić information content (AvgIpc) is 2.80. The summed E-state index contributed by atoms with van der Waals surface area (Å²) in [4.78, 5) is 4.36. The van der Waals surface area contributed by atoms with Gasteiger partial charge in [-0.15, -0.1) is 0 Å². The van der Waals surface area contributed by atoms with Gasteiger partial charge in [0.1, 0.15) is 5.69 Å². The van der Waals surface area contributed by atoms with E-state index in [2.05, 4.69) is 41.2 Å². The lowest BCUT2D eigenvalue weighted by Crippen LogP contribution is -1.91. The first-order valence-corrected chi connectivity index (χ1v) is 6.81. The monoisotopic (exact) mass is 281 g/mol. The summed E-state index contributed by atoms with van der Waals surface area (Å²) in [6, 6.07) is 9.96. The SMILES string of the molecule is Cc1cccc(C)c1-c1ccc(-c2n[nH]c(C)c2F)nc1. The third-order valence-corrected chi connectivity index (χ3v) is 3.65. The van der Waals surface area contributed by atoms with Crippen molar-refractivity contribution in [2.75, 3.05) is 0 Å². The fourth-order valence-corrected chi connectivity index (χ4v) is 2.54. The molecule has 0 radical (unpaired) electrons. The molecule has 0 saturated carbocycles. The Morgan fingerprint density at radius 1 is 1.00 bits per heavy atom. The second-order valence-corrected chi connectivity index (χ2v) is 5.21. The minimum Gasteiger partial charge on any atom is -0.279 e. The molecule has 106 valence electrons. The number of halogens is 1. The van der Waals surface area contributed by atoms with Gasteiger partial charge in [-0.05, 0) is 43.5 Å². The number of H-pyrrole nitrogens is 1. The smallest absolute Gasteiger partial charge is 0.173 e. The van der Waals surface area contributed by atoms with Crippen LogP contribution < -0.4 is 0 Å². The molecule has 1 aromatic carbocycles. The molecule has 21 heavy (non-hydrogen) atoms. The molecule has 0 aliphatic rings. The van der Waals surface area contributed by atoms with Crippen LogP contribution in [0.25, 0.3) is 22.5 Å². The van der Waals surface area contributed by atoms with Crippen LogP contribution in [0.5, 0.6) is 0 Å². The Hall–Kier alpha value is -2.49. The van der Waals surface area contributed by atoms with E-state index in [-0.39, 0.29) is 11.5 Å². The number of pyridine rings is 1. The van der Waals surface area contributed by atoms with Crippen molar-refractivity contribution in [2.45, 2.75) is 20.8 Å². The van der Waals surface area contributed by atoms with Gasteiger partial charge in [-0.1, -0.05) is 24.3 Å². The first-order valence-electron chi connectivity index (χ1n) is 6.81. The van der Waals surface area contributed by atoms with Gasteiger partial charge >= 0.3 is 0 Å². The van der Waals surface area contributed by atoms with E-state index in [1.807, 2.05) is 12.1 Å². The molecule has 0 bridgehead atoms. The van der Waals surface area contributed by atoms with Gasteiger partial charge in [-0.2, -0.15) is 5.10 Å². The lowest BCUT2D eigenvalue weighted by Gasteiger charge is -2.09. The second kappa shape index (κ2) is 5.13. The van der Waals surface area contributed by atoms with Crippen molar-refractivity contribution >= 4 is 0 Å². The van der Waals surface area contributed by atoms with Crippen LogP contribution in [-0.2, 0) is 0 Å². The maximum absolute atomic E-state index is 13.9. The number of rotatable bonds is 2. The van der Waals surface area contributed by atoms with Crippen molar-refractivity contribution in [2.24, 2.45) is 0 Å². The summed E-state index contributed by atoms with van der Waals surface area (Å²) in [7, 11) is 0. The highest BCUT2D eigenvalue weighted by Crippen LogP contribution is 2.28. The number of aromatic nitrogens is 3. The van der Waals surface area contributed by atoms with Gasteiger partial charge in [0, 0.05) is 11.8 Å². The van der Waals surface area contributed by atoms with Crippen molar-refractivity contribution in [3.8, 4) is 22.5 Å². The Labute approximate surface area is 122 Å². The molecule has 0 aliphatic heterocycles. The van der Waals surface area contributed by atoms with Crippen LogP contribution in [0.2, 0.25) is 0 Å². The van der Waals surface area contributed by atoms with E-state index in [1.54, 1.807) is 19.2 Å². The zero-order valence-corrected chi connectivity index (χ0v) is 12.2. The van der Waals surface area contributed by atoms with E-state index in [1.165, 1.54) is 16.7 Å². The summed E-state index contributed by atoms with van der Waals surface area (Å²) in [5, 5.41) is 6.60. The summed E-state index contributed by atoms with van der Waals surface area (Å²) in [6.07, 6.45) is 1.77. The van der Waals surface area contributed by atoms with Crippen LogP contribution in [0, 0.1) is 26.6 Å². The van der Waals surface area contributed by atoms with Gasteiger partial charge in [0.25, 0.3) is 0 Å². The highest BCUT2D eigenvalue weighted by atomic mass is 19.1. The van der Waals surface area contributed by atoms with Crippen molar-refractivity contribution < 1.29 is 4.39 Å². The van der Waals surface area contributed by atoms with Gasteiger partial charge < -0.3 is 0 Å². The average molecular weight is 281 g/mol. The highest BCUT2D eigenvalue weighted by Gasteiger charge is 2.13. The second-order valence-electron chi connectivity index (χ2n) is 5.21. The normalized spacial score (nSPS) is 10.9. The fourth-order valence-electron chi connectivity index (χ4n) is 2.54. The number of aromatic amines is 1. The standard InChI is InChI=1S/C17H16FN3/c1-10-5-4-6-11(2)15(10)13-7-8-14(19-9-13)17-16(18)12(3)20-21-17/h4-9H,1-3H3,(H,20,21). The van der Waals surface area contributed by atoms with Crippen molar-refractivity contribution in [3.63, 3.8) is 0 Å². The molecule has 2 heterocycles. The molecule has 1 N–H and O–H groups in total. The fraction of sp³-hybridized carbons (Fsp3) is 0.176. The molecular formula is C17H16FN3. The molecule has 0 unspecified atom stereocenters. The molecule has 0 amide bonds. The zero-order valence-electron chi connectivity index (χ0n) is 12.2. The van der Waals surface area contributed by atoms with E-state index in [9.17, 15) is 4.39 Å². The Morgan fingerprint density at radius 3 is 2.24 bits per heavy atom. The summed E-state index contributed by atoms with van der Waals surface area (Å²) >= 11 is 0.